The minimum absolute atomic E-state index is 0.406. The van der Waals surface area contributed by atoms with E-state index in [0.29, 0.717) is 11.6 Å². The van der Waals surface area contributed by atoms with E-state index in [1.807, 2.05) is 59.3 Å². The summed E-state index contributed by atoms with van der Waals surface area (Å²) in [7, 11) is 0. The standard InChI is InChI=1S/C21H22Cl2N2OS/c1-20(2,14-27-19-9-7-18(23)8-10-19)21(26,13-25-12-11-24-15-25)16-3-5-17(22)6-4-16/h3-12,15,26H,13-14H2,1-2H3. The lowest BCUT2D eigenvalue weighted by molar-refractivity contribution is -0.0755. The number of nitrogens with zero attached hydrogens (tertiary/aromatic N) is 2. The first-order chi connectivity index (χ1) is 12.8. The van der Waals surface area contributed by atoms with E-state index in [4.69, 9.17) is 23.2 Å². The lowest BCUT2D eigenvalue weighted by atomic mass is 9.72. The third-order valence-electron chi connectivity index (χ3n) is 4.83. The van der Waals surface area contributed by atoms with Gasteiger partial charge in [-0.15, -0.1) is 11.8 Å². The van der Waals surface area contributed by atoms with Crippen molar-refractivity contribution in [1.29, 1.82) is 0 Å². The Kier molecular flexibility index (Phi) is 6.21. The Bertz CT molecular complexity index is 864. The monoisotopic (exact) mass is 420 g/mol. The second-order valence-electron chi connectivity index (χ2n) is 7.23. The van der Waals surface area contributed by atoms with Gasteiger partial charge in [0.1, 0.15) is 5.60 Å². The summed E-state index contributed by atoms with van der Waals surface area (Å²) in [5, 5.41) is 13.2. The number of hydrogen-bond donors (Lipinski definition) is 1. The summed E-state index contributed by atoms with van der Waals surface area (Å²) < 4.78 is 1.91. The summed E-state index contributed by atoms with van der Waals surface area (Å²) in [6, 6.07) is 15.2. The van der Waals surface area contributed by atoms with Crippen molar-refractivity contribution in [2.45, 2.75) is 30.9 Å². The van der Waals surface area contributed by atoms with Crippen LogP contribution >= 0.6 is 35.0 Å². The highest BCUT2D eigenvalue weighted by atomic mass is 35.5. The molecular weight excluding hydrogens is 399 g/mol. The van der Waals surface area contributed by atoms with Crippen molar-refractivity contribution >= 4 is 35.0 Å². The highest BCUT2D eigenvalue weighted by molar-refractivity contribution is 7.99. The first-order valence-corrected chi connectivity index (χ1v) is 10.4. The summed E-state index contributed by atoms with van der Waals surface area (Å²) in [4.78, 5) is 5.23. The first kappa shape index (κ1) is 20.3. The molecular formula is C21H22Cl2N2OS. The summed E-state index contributed by atoms with van der Waals surface area (Å²) in [6.07, 6.45) is 5.31. The fourth-order valence-electron chi connectivity index (χ4n) is 2.98. The number of benzene rings is 2. The SMILES string of the molecule is CC(C)(CSc1ccc(Cl)cc1)C(O)(Cn1ccnc1)c1ccc(Cl)cc1. The van der Waals surface area contributed by atoms with Gasteiger partial charge >= 0.3 is 0 Å². The van der Waals surface area contributed by atoms with Crippen molar-refractivity contribution in [3.8, 4) is 0 Å². The zero-order valence-corrected chi connectivity index (χ0v) is 17.6. The molecule has 3 aromatic rings. The molecule has 0 aliphatic heterocycles. The summed E-state index contributed by atoms with van der Waals surface area (Å²) >= 11 is 13.7. The van der Waals surface area contributed by atoms with E-state index in [1.54, 1.807) is 24.3 Å². The van der Waals surface area contributed by atoms with Crippen LogP contribution in [-0.2, 0) is 12.1 Å². The van der Waals surface area contributed by atoms with Crippen LogP contribution in [0.25, 0.3) is 0 Å². The highest BCUT2D eigenvalue weighted by Gasteiger charge is 2.45. The molecule has 1 atom stereocenters. The maximum atomic E-state index is 11.9. The van der Waals surface area contributed by atoms with Gasteiger partial charge in [-0.05, 0) is 42.0 Å². The number of aromatic nitrogens is 2. The summed E-state index contributed by atoms with van der Waals surface area (Å²) in [6.45, 7) is 4.58. The molecule has 0 radical (unpaired) electrons. The maximum Gasteiger partial charge on any atom is 0.113 e. The van der Waals surface area contributed by atoms with Crippen LogP contribution in [0.3, 0.4) is 0 Å². The number of halogens is 2. The molecule has 6 heteroatoms. The average Bonchev–Trinajstić information content (AvgIpc) is 3.14. The summed E-state index contributed by atoms with van der Waals surface area (Å²) in [5.41, 5.74) is -0.699. The molecule has 1 N–H and O–H groups in total. The second-order valence-corrected chi connectivity index (χ2v) is 9.15. The van der Waals surface area contributed by atoms with Crippen LogP contribution in [0.5, 0.6) is 0 Å². The molecule has 0 fully saturated rings. The molecule has 3 rings (SSSR count). The van der Waals surface area contributed by atoms with Crippen molar-refractivity contribution < 1.29 is 5.11 Å². The van der Waals surface area contributed by atoms with Gasteiger partial charge in [-0.1, -0.05) is 49.2 Å². The van der Waals surface area contributed by atoms with E-state index in [0.717, 1.165) is 21.2 Å². The van der Waals surface area contributed by atoms with Gasteiger partial charge in [0.05, 0.1) is 12.9 Å². The third kappa shape index (κ3) is 4.69. The molecule has 0 aliphatic carbocycles. The number of thioether (sulfide) groups is 1. The molecule has 0 bridgehead atoms. The third-order valence-corrected chi connectivity index (χ3v) is 6.80. The van der Waals surface area contributed by atoms with Gasteiger partial charge in [-0.2, -0.15) is 0 Å². The van der Waals surface area contributed by atoms with Crippen LogP contribution in [0, 0.1) is 5.41 Å². The van der Waals surface area contributed by atoms with E-state index < -0.39 is 11.0 Å². The number of imidazole rings is 1. The zero-order valence-electron chi connectivity index (χ0n) is 15.3. The van der Waals surface area contributed by atoms with E-state index in [-0.39, 0.29) is 0 Å². The molecule has 1 unspecified atom stereocenters. The van der Waals surface area contributed by atoms with Gasteiger partial charge in [-0.3, -0.25) is 0 Å². The molecule has 1 heterocycles. The average molecular weight is 421 g/mol. The van der Waals surface area contributed by atoms with E-state index >= 15 is 0 Å². The van der Waals surface area contributed by atoms with Crippen LogP contribution in [0.2, 0.25) is 10.0 Å². The number of rotatable bonds is 7. The molecule has 0 saturated carbocycles. The Morgan fingerprint density at radius 3 is 2.15 bits per heavy atom. The Balaban J connectivity index is 1.89. The number of aliphatic hydroxyl groups is 1. The first-order valence-electron chi connectivity index (χ1n) is 8.63. The van der Waals surface area contributed by atoms with E-state index in [2.05, 4.69) is 18.8 Å². The molecule has 0 spiro atoms. The lowest BCUT2D eigenvalue weighted by Crippen LogP contribution is -2.46. The van der Waals surface area contributed by atoms with Gasteiger partial charge < -0.3 is 9.67 Å². The Morgan fingerprint density at radius 2 is 1.59 bits per heavy atom. The number of hydrogen-bond acceptors (Lipinski definition) is 3. The molecule has 1 aromatic heterocycles. The van der Waals surface area contributed by atoms with Crippen LogP contribution in [0.1, 0.15) is 19.4 Å². The Morgan fingerprint density at radius 1 is 1.00 bits per heavy atom. The molecule has 3 nitrogen and oxygen atoms in total. The highest BCUT2D eigenvalue weighted by Crippen LogP contribution is 2.44. The minimum Gasteiger partial charge on any atom is -0.383 e. The topological polar surface area (TPSA) is 38.0 Å². The van der Waals surface area contributed by atoms with Crippen molar-refractivity contribution in [2.75, 3.05) is 5.75 Å². The van der Waals surface area contributed by atoms with Crippen LogP contribution in [-0.4, -0.2) is 20.4 Å². The van der Waals surface area contributed by atoms with Crippen LogP contribution < -0.4 is 0 Å². The van der Waals surface area contributed by atoms with Crippen LogP contribution in [0.15, 0.2) is 72.1 Å². The lowest BCUT2D eigenvalue weighted by Gasteiger charge is -2.43. The molecule has 27 heavy (non-hydrogen) atoms. The van der Waals surface area contributed by atoms with E-state index in [1.165, 1.54) is 0 Å². The van der Waals surface area contributed by atoms with Crippen LogP contribution in [0.4, 0.5) is 0 Å². The van der Waals surface area contributed by atoms with Gasteiger partial charge in [0.15, 0.2) is 0 Å². The van der Waals surface area contributed by atoms with Crippen molar-refractivity contribution in [3.05, 3.63) is 82.9 Å². The Labute approximate surface area is 174 Å². The van der Waals surface area contributed by atoms with Crippen molar-refractivity contribution in [2.24, 2.45) is 5.41 Å². The Hall–Kier alpha value is -1.46. The largest absolute Gasteiger partial charge is 0.383 e. The maximum absolute atomic E-state index is 11.9. The molecule has 2 aromatic carbocycles. The predicted molar refractivity (Wildman–Crippen MR) is 114 cm³/mol. The van der Waals surface area contributed by atoms with Crippen molar-refractivity contribution in [3.63, 3.8) is 0 Å². The van der Waals surface area contributed by atoms with Gasteiger partial charge in [0.25, 0.3) is 0 Å². The van der Waals surface area contributed by atoms with Crippen molar-refractivity contribution in [1.82, 2.24) is 9.55 Å². The molecule has 0 saturated heterocycles. The molecule has 142 valence electrons. The fraction of sp³-hybridized carbons (Fsp3) is 0.286. The normalized spacial score (nSPS) is 14.1. The minimum atomic E-state index is -1.10. The van der Waals surface area contributed by atoms with E-state index in [9.17, 15) is 5.11 Å². The van der Waals surface area contributed by atoms with Gasteiger partial charge in [0, 0.05) is 38.5 Å². The van der Waals surface area contributed by atoms with Gasteiger partial charge in [0.2, 0.25) is 0 Å². The smallest absolute Gasteiger partial charge is 0.113 e. The quantitative estimate of drug-likeness (QED) is 0.483. The molecule has 0 amide bonds. The zero-order chi connectivity index (χ0) is 19.5. The van der Waals surface area contributed by atoms with Gasteiger partial charge in [-0.25, -0.2) is 4.98 Å². The fourth-order valence-corrected chi connectivity index (χ4v) is 4.33. The second kappa shape index (κ2) is 8.27. The predicted octanol–water partition coefficient (Wildman–Crippen LogP) is 5.90. The summed E-state index contributed by atoms with van der Waals surface area (Å²) in [5.74, 6) is 0.725. The molecule has 0 aliphatic rings.